The number of aryl methyl sites for hydroxylation is 1. The Morgan fingerprint density at radius 1 is 0.905 bits per heavy atom. The van der Waals surface area contributed by atoms with Crippen LogP contribution in [0.15, 0.2) is 66.7 Å². The standard InChI is InChI=1S/C36H42N2O4/c1-36-19-18-30-29-15-13-28(22-27(29)12-14-31(30)32(36)16-17-33(36)39)42-21-3-20-38-35(41)26-10-6-24(7-11-26)23-4-8-25(9-5-23)34(40)37-2/h4-11,13,15,22,30-33,39H,3,12,14,16-21H2,1-2H3,(H,37,40)(H,38,41)/t30?,31-,32?,33?,36+/m1/s1. The molecular weight excluding hydrogens is 524 g/mol. The molecule has 3 aromatic carbocycles. The number of amides is 2. The van der Waals surface area contributed by atoms with Gasteiger partial charge in [-0.3, -0.25) is 9.59 Å². The second-order valence-electron chi connectivity index (χ2n) is 12.6. The number of rotatable bonds is 8. The van der Waals surface area contributed by atoms with E-state index in [2.05, 4.69) is 35.8 Å². The van der Waals surface area contributed by atoms with E-state index in [0.717, 1.165) is 42.6 Å². The summed E-state index contributed by atoms with van der Waals surface area (Å²) in [4.78, 5) is 24.4. The summed E-state index contributed by atoms with van der Waals surface area (Å²) < 4.78 is 6.08. The monoisotopic (exact) mass is 566 g/mol. The van der Waals surface area contributed by atoms with Gasteiger partial charge in [-0.1, -0.05) is 37.3 Å². The number of benzene rings is 3. The second-order valence-corrected chi connectivity index (χ2v) is 12.6. The quantitative estimate of drug-likeness (QED) is 0.286. The molecule has 0 heterocycles. The van der Waals surface area contributed by atoms with Crippen LogP contribution in [-0.2, 0) is 6.42 Å². The van der Waals surface area contributed by atoms with Crippen molar-refractivity contribution < 1.29 is 19.4 Å². The molecule has 3 N–H and O–H groups in total. The highest BCUT2D eigenvalue weighted by atomic mass is 16.5. The van der Waals surface area contributed by atoms with Crippen LogP contribution in [0.3, 0.4) is 0 Å². The van der Waals surface area contributed by atoms with E-state index in [1.807, 2.05) is 36.4 Å². The maximum atomic E-state index is 12.7. The van der Waals surface area contributed by atoms with Gasteiger partial charge < -0.3 is 20.5 Å². The Morgan fingerprint density at radius 2 is 1.60 bits per heavy atom. The number of aliphatic hydroxyl groups excluding tert-OH is 1. The first kappa shape index (κ1) is 28.5. The SMILES string of the molecule is CNC(=O)c1ccc(-c2ccc(C(=O)NCCCOc3ccc4c(c3)CC[C@@H]3C4CC[C@]4(C)C(O)CCC34)cc2)cc1. The van der Waals surface area contributed by atoms with Crippen LogP contribution in [0.25, 0.3) is 11.1 Å². The van der Waals surface area contributed by atoms with Crippen LogP contribution >= 0.6 is 0 Å². The van der Waals surface area contributed by atoms with E-state index in [4.69, 9.17) is 4.74 Å². The van der Waals surface area contributed by atoms with Crippen molar-refractivity contribution in [3.05, 3.63) is 89.0 Å². The largest absolute Gasteiger partial charge is 0.494 e. The maximum absolute atomic E-state index is 12.7. The summed E-state index contributed by atoms with van der Waals surface area (Å²) in [7, 11) is 1.62. The van der Waals surface area contributed by atoms with Gasteiger partial charge in [0.1, 0.15) is 5.75 Å². The van der Waals surface area contributed by atoms with Gasteiger partial charge in [-0.2, -0.15) is 0 Å². The number of fused-ring (bicyclic) bond motifs is 5. The zero-order valence-corrected chi connectivity index (χ0v) is 24.7. The van der Waals surface area contributed by atoms with E-state index >= 15 is 0 Å². The normalized spacial score (nSPS) is 26.0. The zero-order valence-electron chi connectivity index (χ0n) is 24.7. The number of ether oxygens (including phenoxy) is 1. The first-order valence-corrected chi connectivity index (χ1v) is 15.5. The number of carbonyl (C=O) groups is 2. The number of nitrogens with one attached hydrogen (secondary N) is 2. The van der Waals surface area contributed by atoms with Crippen molar-refractivity contribution in [1.29, 1.82) is 0 Å². The summed E-state index contributed by atoms with van der Waals surface area (Å²) >= 11 is 0. The molecule has 0 radical (unpaired) electrons. The molecule has 0 aromatic heterocycles. The molecule has 6 heteroatoms. The van der Waals surface area contributed by atoms with Gasteiger partial charge >= 0.3 is 0 Å². The molecule has 3 aromatic rings. The Balaban J connectivity index is 0.964. The van der Waals surface area contributed by atoms with Gasteiger partial charge in [0.25, 0.3) is 11.8 Å². The number of aliphatic hydroxyl groups is 1. The molecule has 3 unspecified atom stereocenters. The van der Waals surface area contributed by atoms with Crippen LogP contribution in [-0.4, -0.2) is 43.2 Å². The third-order valence-electron chi connectivity index (χ3n) is 10.4. The van der Waals surface area contributed by atoms with Crippen molar-refractivity contribution in [2.45, 2.75) is 63.9 Å². The highest BCUT2D eigenvalue weighted by Gasteiger charge is 2.54. The Morgan fingerprint density at radius 3 is 2.29 bits per heavy atom. The maximum Gasteiger partial charge on any atom is 0.251 e. The lowest BCUT2D eigenvalue weighted by Gasteiger charge is -2.50. The molecule has 3 aliphatic rings. The molecular formula is C36H42N2O4. The van der Waals surface area contributed by atoms with E-state index in [0.29, 0.717) is 42.0 Å². The topological polar surface area (TPSA) is 87.7 Å². The first-order valence-electron chi connectivity index (χ1n) is 15.5. The lowest BCUT2D eigenvalue weighted by molar-refractivity contribution is -0.0226. The van der Waals surface area contributed by atoms with Crippen molar-refractivity contribution in [1.82, 2.24) is 10.6 Å². The summed E-state index contributed by atoms with van der Waals surface area (Å²) in [5.41, 5.74) is 6.25. The summed E-state index contributed by atoms with van der Waals surface area (Å²) in [6.07, 6.45) is 7.35. The molecule has 6 nitrogen and oxygen atoms in total. The lowest BCUT2D eigenvalue weighted by atomic mass is 9.55. The molecule has 6 rings (SSSR count). The van der Waals surface area contributed by atoms with E-state index in [1.165, 1.54) is 30.4 Å². The molecule has 0 spiro atoms. The number of hydrogen-bond acceptors (Lipinski definition) is 4. The molecule has 5 atom stereocenters. The number of hydrogen-bond donors (Lipinski definition) is 3. The fourth-order valence-electron chi connectivity index (χ4n) is 7.96. The molecule has 2 fully saturated rings. The lowest BCUT2D eigenvalue weighted by Crippen LogP contribution is -2.43. The zero-order chi connectivity index (χ0) is 29.3. The molecule has 3 aliphatic carbocycles. The average molecular weight is 567 g/mol. The fraction of sp³-hybridized carbons (Fsp3) is 0.444. The van der Waals surface area contributed by atoms with Gasteiger partial charge in [0.2, 0.25) is 0 Å². The third-order valence-corrected chi connectivity index (χ3v) is 10.4. The molecule has 0 aliphatic heterocycles. The highest BCUT2D eigenvalue weighted by Crippen LogP contribution is 2.60. The van der Waals surface area contributed by atoms with Crippen molar-refractivity contribution in [2.75, 3.05) is 20.2 Å². The van der Waals surface area contributed by atoms with Crippen LogP contribution < -0.4 is 15.4 Å². The predicted octanol–water partition coefficient (Wildman–Crippen LogP) is 6.13. The van der Waals surface area contributed by atoms with E-state index in [1.54, 1.807) is 19.2 Å². The number of carbonyl (C=O) groups excluding carboxylic acids is 2. The van der Waals surface area contributed by atoms with Crippen LogP contribution in [0.2, 0.25) is 0 Å². The van der Waals surface area contributed by atoms with Crippen LogP contribution in [0.1, 0.15) is 83.2 Å². The van der Waals surface area contributed by atoms with Gasteiger partial charge in [0.05, 0.1) is 12.7 Å². The summed E-state index contributed by atoms with van der Waals surface area (Å²) in [6, 6.07) is 21.5. The Hall–Kier alpha value is -3.64. The van der Waals surface area contributed by atoms with E-state index in [-0.39, 0.29) is 23.3 Å². The molecule has 220 valence electrons. The van der Waals surface area contributed by atoms with Crippen LogP contribution in [0, 0.1) is 17.3 Å². The molecule has 0 bridgehead atoms. The minimum atomic E-state index is -0.127. The van der Waals surface area contributed by atoms with Crippen molar-refractivity contribution in [3.8, 4) is 16.9 Å². The summed E-state index contributed by atoms with van der Waals surface area (Å²) in [5.74, 6) is 2.66. The van der Waals surface area contributed by atoms with Gasteiger partial charge in [-0.15, -0.1) is 0 Å². The molecule has 42 heavy (non-hydrogen) atoms. The third kappa shape index (κ3) is 5.45. The van der Waals surface area contributed by atoms with E-state index in [9.17, 15) is 14.7 Å². The average Bonchev–Trinajstić information content (AvgIpc) is 3.34. The van der Waals surface area contributed by atoms with Gasteiger partial charge in [-0.25, -0.2) is 0 Å². The minimum absolute atomic E-state index is 0.0989. The smallest absolute Gasteiger partial charge is 0.251 e. The minimum Gasteiger partial charge on any atom is -0.494 e. The van der Waals surface area contributed by atoms with Crippen molar-refractivity contribution in [2.24, 2.45) is 17.3 Å². The van der Waals surface area contributed by atoms with Crippen LogP contribution in [0.5, 0.6) is 5.75 Å². The Labute approximate surface area is 248 Å². The Bertz CT molecular complexity index is 1430. The highest BCUT2D eigenvalue weighted by molar-refractivity contribution is 5.95. The second kappa shape index (κ2) is 11.9. The van der Waals surface area contributed by atoms with Gasteiger partial charge in [-0.05, 0) is 127 Å². The molecule has 2 amide bonds. The summed E-state index contributed by atoms with van der Waals surface area (Å²) in [6.45, 7) is 3.42. The molecule has 0 saturated heterocycles. The van der Waals surface area contributed by atoms with Crippen LogP contribution in [0.4, 0.5) is 0 Å². The van der Waals surface area contributed by atoms with Crippen molar-refractivity contribution in [3.63, 3.8) is 0 Å². The Kier molecular flexibility index (Phi) is 8.09. The van der Waals surface area contributed by atoms with Crippen molar-refractivity contribution >= 4 is 11.8 Å². The first-order chi connectivity index (χ1) is 20.4. The fourth-order valence-corrected chi connectivity index (χ4v) is 7.96. The van der Waals surface area contributed by atoms with E-state index < -0.39 is 0 Å². The molecule has 2 saturated carbocycles. The predicted molar refractivity (Wildman–Crippen MR) is 165 cm³/mol. The summed E-state index contributed by atoms with van der Waals surface area (Å²) in [5, 5.41) is 16.3. The van der Waals surface area contributed by atoms with Gasteiger partial charge in [0, 0.05) is 24.7 Å². The van der Waals surface area contributed by atoms with Gasteiger partial charge in [0.15, 0.2) is 0 Å².